The highest BCUT2D eigenvalue weighted by Crippen LogP contribution is 2.41. The number of likely N-dealkylation sites (tertiary alicyclic amines) is 2. The van der Waals surface area contributed by atoms with Crippen LogP contribution in [0.15, 0.2) is 4.52 Å². The van der Waals surface area contributed by atoms with Crippen molar-refractivity contribution in [1.82, 2.24) is 19.9 Å². The number of nitrogens with zero attached hydrogens (tertiary/aromatic N) is 4. The average molecular weight is 364 g/mol. The van der Waals surface area contributed by atoms with Crippen LogP contribution in [-0.2, 0) is 16.1 Å². The number of hydrogen-bond donors (Lipinski definition) is 1. The van der Waals surface area contributed by atoms with Crippen LogP contribution in [0.2, 0.25) is 0 Å². The number of aliphatic carboxylic acids is 1. The summed E-state index contributed by atoms with van der Waals surface area (Å²) in [5, 5.41) is 13.3. The summed E-state index contributed by atoms with van der Waals surface area (Å²) in [6.45, 7) is 8.64. The van der Waals surface area contributed by atoms with Gasteiger partial charge in [-0.15, -0.1) is 0 Å². The van der Waals surface area contributed by atoms with Crippen molar-refractivity contribution in [2.45, 2.75) is 65.0 Å². The van der Waals surface area contributed by atoms with Crippen LogP contribution in [0.4, 0.5) is 0 Å². The van der Waals surface area contributed by atoms with Crippen molar-refractivity contribution in [2.75, 3.05) is 19.6 Å². The van der Waals surface area contributed by atoms with Crippen LogP contribution in [0.1, 0.15) is 64.1 Å². The third-order valence-electron chi connectivity index (χ3n) is 5.80. The standard InChI is InChI=1S/C18H28N4O4/c1-12(2)16-19-14(26-20-16)10-21-8-6-18(7-9-21)5-4-15(23)22(11-18)13(3)17(24)25/h12-13H,4-11H2,1-3H3,(H,24,25)/t13-/m0/s1. The minimum atomic E-state index is -0.940. The molecule has 0 unspecified atom stereocenters. The van der Waals surface area contributed by atoms with Crippen molar-refractivity contribution in [2.24, 2.45) is 5.41 Å². The second kappa shape index (κ2) is 7.34. The third-order valence-corrected chi connectivity index (χ3v) is 5.80. The highest BCUT2D eigenvalue weighted by molar-refractivity contribution is 5.84. The number of carbonyl (C=O) groups is 2. The SMILES string of the molecule is CC(C)c1noc(CN2CCC3(CCC(=O)N([C@@H](C)C(=O)O)C3)CC2)n1. The zero-order chi connectivity index (χ0) is 18.9. The van der Waals surface area contributed by atoms with Crippen molar-refractivity contribution in [1.29, 1.82) is 0 Å². The zero-order valence-corrected chi connectivity index (χ0v) is 15.8. The van der Waals surface area contributed by atoms with Gasteiger partial charge < -0.3 is 14.5 Å². The lowest BCUT2D eigenvalue weighted by molar-refractivity contribution is -0.155. The number of carboxylic acid groups (broad SMARTS) is 1. The lowest BCUT2D eigenvalue weighted by atomic mass is 9.72. The number of rotatable bonds is 5. The topological polar surface area (TPSA) is 99.8 Å². The van der Waals surface area contributed by atoms with Gasteiger partial charge in [-0.05, 0) is 44.7 Å². The molecule has 0 aromatic carbocycles. The molecule has 8 nitrogen and oxygen atoms in total. The molecule has 0 radical (unpaired) electrons. The summed E-state index contributed by atoms with van der Waals surface area (Å²) in [7, 11) is 0. The van der Waals surface area contributed by atoms with Crippen molar-refractivity contribution in [3.05, 3.63) is 11.7 Å². The van der Waals surface area contributed by atoms with Crippen LogP contribution in [0.5, 0.6) is 0 Å². The summed E-state index contributed by atoms with van der Waals surface area (Å²) in [6, 6.07) is -0.759. The van der Waals surface area contributed by atoms with Crippen LogP contribution in [-0.4, -0.2) is 62.6 Å². The van der Waals surface area contributed by atoms with Gasteiger partial charge in [0.2, 0.25) is 11.8 Å². The number of carboxylic acids is 1. The van der Waals surface area contributed by atoms with Gasteiger partial charge in [-0.1, -0.05) is 19.0 Å². The number of hydrogen-bond acceptors (Lipinski definition) is 6. The van der Waals surface area contributed by atoms with Gasteiger partial charge >= 0.3 is 5.97 Å². The highest BCUT2D eigenvalue weighted by Gasteiger charge is 2.43. The Morgan fingerprint density at radius 2 is 1.96 bits per heavy atom. The number of piperidine rings is 2. The Kier molecular flexibility index (Phi) is 5.32. The van der Waals surface area contributed by atoms with E-state index < -0.39 is 12.0 Å². The number of aromatic nitrogens is 2. The molecule has 3 rings (SSSR count). The average Bonchev–Trinajstić information content (AvgIpc) is 3.07. The monoisotopic (exact) mass is 364 g/mol. The summed E-state index contributed by atoms with van der Waals surface area (Å²) in [4.78, 5) is 31.7. The molecule has 1 atom stereocenters. The largest absolute Gasteiger partial charge is 0.480 e. The molecule has 0 bridgehead atoms. The minimum absolute atomic E-state index is 0.0338. The molecule has 26 heavy (non-hydrogen) atoms. The van der Waals surface area contributed by atoms with Gasteiger partial charge in [0.15, 0.2) is 5.82 Å². The predicted molar refractivity (Wildman–Crippen MR) is 93.4 cm³/mol. The van der Waals surface area contributed by atoms with E-state index in [1.165, 1.54) is 0 Å². The van der Waals surface area contributed by atoms with E-state index in [1.54, 1.807) is 11.8 Å². The molecular weight excluding hydrogens is 336 g/mol. The maximum atomic E-state index is 12.2. The van der Waals surface area contributed by atoms with Gasteiger partial charge in [0.25, 0.3) is 0 Å². The van der Waals surface area contributed by atoms with Gasteiger partial charge in [0.1, 0.15) is 6.04 Å². The second-order valence-electron chi connectivity index (χ2n) is 8.01. The van der Waals surface area contributed by atoms with Gasteiger partial charge in [-0.25, -0.2) is 4.79 Å². The maximum absolute atomic E-state index is 12.2. The highest BCUT2D eigenvalue weighted by atomic mass is 16.5. The van der Waals surface area contributed by atoms with Crippen LogP contribution in [0.25, 0.3) is 0 Å². The summed E-state index contributed by atoms with van der Waals surface area (Å²) in [5.41, 5.74) is 0.0338. The fourth-order valence-electron chi connectivity index (χ4n) is 3.88. The fourth-order valence-corrected chi connectivity index (χ4v) is 3.88. The first-order valence-electron chi connectivity index (χ1n) is 9.37. The normalized spacial score (nSPS) is 22.2. The van der Waals surface area contributed by atoms with Gasteiger partial charge in [0.05, 0.1) is 6.54 Å². The minimum Gasteiger partial charge on any atom is -0.480 e. The Bertz CT molecular complexity index is 664. The quantitative estimate of drug-likeness (QED) is 0.851. The molecule has 2 aliphatic heterocycles. The summed E-state index contributed by atoms with van der Waals surface area (Å²) in [5.74, 6) is 0.645. The number of amides is 1. The van der Waals surface area contributed by atoms with Crippen LogP contribution in [0.3, 0.4) is 0 Å². The van der Waals surface area contributed by atoms with E-state index in [9.17, 15) is 14.7 Å². The lowest BCUT2D eigenvalue weighted by Crippen LogP contribution is -2.55. The second-order valence-corrected chi connectivity index (χ2v) is 8.01. The van der Waals surface area contributed by atoms with E-state index in [4.69, 9.17) is 4.52 Å². The molecule has 3 heterocycles. The van der Waals surface area contributed by atoms with Crippen LogP contribution in [0, 0.1) is 5.41 Å². The smallest absolute Gasteiger partial charge is 0.326 e. The molecule has 0 saturated carbocycles. The Morgan fingerprint density at radius 3 is 2.54 bits per heavy atom. The molecule has 2 aliphatic rings. The molecular formula is C18H28N4O4. The number of carbonyl (C=O) groups excluding carboxylic acids is 1. The van der Waals surface area contributed by atoms with Gasteiger partial charge in [0, 0.05) is 18.9 Å². The van der Waals surface area contributed by atoms with Crippen molar-refractivity contribution >= 4 is 11.9 Å². The molecule has 1 spiro atoms. The Hall–Kier alpha value is -1.96. The Labute approximate surface area is 153 Å². The molecule has 1 N–H and O–H groups in total. The fraction of sp³-hybridized carbons (Fsp3) is 0.778. The van der Waals surface area contributed by atoms with Crippen LogP contribution >= 0.6 is 0 Å². The molecule has 1 aromatic rings. The summed E-state index contributed by atoms with van der Waals surface area (Å²) >= 11 is 0. The molecule has 2 saturated heterocycles. The van der Waals surface area contributed by atoms with Gasteiger partial charge in [-0.3, -0.25) is 9.69 Å². The van der Waals surface area contributed by atoms with Crippen molar-refractivity contribution < 1.29 is 19.2 Å². The molecule has 2 fully saturated rings. The Balaban J connectivity index is 1.58. The van der Waals surface area contributed by atoms with Crippen LogP contribution < -0.4 is 0 Å². The molecule has 144 valence electrons. The first kappa shape index (κ1) is 18.8. The van der Waals surface area contributed by atoms with E-state index in [1.807, 2.05) is 13.8 Å². The molecule has 0 aliphatic carbocycles. The summed E-state index contributed by atoms with van der Waals surface area (Å²) in [6.07, 6.45) is 3.20. The third kappa shape index (κ3) is 3.90. The van der Waals surface area contributed by atoms with Gasteiger partial charge in [-0.2, -0.15) is 4.98 Å². The maximum Gasteiger partial charge on any atom is 0.326 e. The first-order valence-corrected chi connectivity index (χ1v) is 9.37. The van der Waals surface area contributed by atoms with E-state index in [0.717, 1.165) is 38.2 Å². The predicted octanol–water partition coefficient (Wildman–Crippen LogP) is 1.87. The molecule has 1 amide bonds. The van der Waals surface area contributed by atoms with E-state index in [-0.39, 0.29) is 17.2 Å². The Morgan fingerprint density at radius 1 is 1.27 bits per heavy atom. The van der Waals surface area contributed by atoms with E-state index >= 15 is 0 Å². The lowest BCUT2D eigenvalue weighted by Gasteiger charge is -2.48. The first-order chi connectivity index (χ1) is 12.3. The molecule has 1 aromatic heterocycles. The van der Waals surface area contributed by atoms with Crippen molar-refractivity contribution in [3.63, 3.8) is 0 Å². The van der Waals surface area contributed by atoms with Crippen molar-refractivity contribution in [3.8, 4) is 0 Å². The zero-order valence-electron chi connectivity index (χ0n) is 15.8. The summed E-state index contributed by atoms with van der Waals surface area (Å²) < 4.78 is 5.33. The van der Waals surface area contributed by atoms with E-state index in [0.29, 0.717) is 25.4 Å². The molecule has 8 heteroatoms. The van der Waals surface area contributed by atoms with E-state index in [2.05, 4.69) is 15.0 Å².